The smallest absolute Gasteiger partial charge is 0.141 e. The SMILES string of the molecule is COc1ccc(C)cc1-c1ncccc1O. The van der Waals surface area contributed by atoms with Gasteiger partial charge in [0.15, 0.2) is 0 Å². The van der Waals surface area contributed by atoms with Gasteiger partial charge in [0.05, 0.1) is 7.11 Å². The van der Waals surface area contributed by atoms with E-state index < -0.39 is 0 Å². The van der Waals surface area contributed by atoms with E-state index in [0.717, 1.165) is 11.1 Å². The summed E-state index contributed by atoms with van der Waals surface area (Å²) in [5.41, 5.74) is 2.45. The van der Waals surface area contributed by atoms with Crippen LogP contribution in [0, 0.1) is 6.92 Å². The van der Waals surface area contributed by atoms with E-state index in [2.05, 4.69) is 4.98 Å². The standard InChI is InChI=1S/C13H13NO2/c1-9-5-6-12(16-2)10(8-9)13-11(15)4-3-7-14-13/h3-8,15H,1-2H3. The maximum absolute atomic E-state index is 9.76. The summed E-state index contributed by atoms with van der Waals surface area (Å²) in [5, 5.41) is 9.76. The molecule has 0 radical (unpaired) electrons. The van der Waals surface area contributed by atoms with Crippen LogP contribution < -0.4 is 4.74 Å². The van der Waals surface area contributed by atoms with Gasteiger partial charge in [0.1, 0.15) is 17.2 Å². The topological polar surface area (TPSA) is 42.4 Å². The first-order chi connectivity index (χ1) is 7.72. The second-order valence-electron chi connectivity index (χ2n) is 3.57. The first kappa shape index (κ1) is 10.5. The van der Waals surface area contributed by atoms with E-state index in [1.165, 1.54) is 0 Å². The molecule has 2 rings (SSSR count). The quantitative estimate of drug-likeness (QED) is 0.837. The molecule has 1 N–H and O–H groups in total. The number of methoxy groups -OCH3 is 1. The number of aryl methyl sites for hydroxylation is 1. The monoisotopic (exact) mass is 215 g/mol. The summed E-state index contributed by atoms with van der Waals surface area (Å²) in [4.78, 5) is 4.17. The van der Waals surface area contributed by atoms with Crippen LogP contribution in [-0.4, -0.2) is 17.2 Å². The highest BCUT2D eigenvalue weighted by molar-refractivity contribution is 5.72. The molecular weight excluding hydrogens is 202 g/mol. The number of hydrogen-bond acceptors (Lipinski definition) is 3. The van der Waals surface area contributed by atoms with Gasteiger partial charge in [-0.2, -0.15) is 0 Å². The Hall–Kier alpha value is -2.03. The molecule has 2 aromatic rings. The van der Waals surface area contributed by atoms with Crippen molar-refractivity contribution in [3.05, 3.63) is 42.1 Å². The Morgan fingerprint density at radius 2 is 2.06 bits per heavy atom. The van der Waals surface area contributed by atoms with Gasteiger partial charge < -0.3 is 9.84 Å². The van der Waals surface area contributed by atoms with Crippen LogP contribution in [0.25, 0.3) is 11.3 Å². The summed E-state index contributed by atoms with van der Waals surface area (Å²) in [6.45, 7) is 1.99. The molecule has 0 saturated heterocycles. The number of aromatic nitrogens is 1. The summed E-state index contributed by atoms with van der Waals surface area (Å²) in [5.74, 6) is 0.867. The highest BCUT2D eigenvalue weighted by atomic mass is 16.5. The van der Waals surface area contributed by atoms with Crippen molar-refractivity contribution in [2.24, 2.45) is 0 Å². The fourth-order valence-corrected chi connectivity index (χ4v) is 1.61. The third-order valence-corrected chi connectivity index (χ3v) is 2.40. The normalized spacial score (nSPS) is 10.1. The van der Waals surface area contributed by atoms with Crippen LogP contribution in [0.15, 0.2) is 36.5 Å². The van der Waals surface area contributed by atoms with Gasteiger partial charge in [0.2, 0.25) is 0 Å². The van der Waals surface area contributed by atoms with Crippen LogP contribution in [0.4, 0.5) is 0 Å². The molecule has 0 aliphatic rings. The molecule has 1 aromatic heterocycles. The van der Waals surface area contributed by atoms with Crippen LogP contribution in [0.3, 0.4) is 0 Å². The molecule has 0 bridgehead atoms. The lowest BCUT2D eigenvalue weighted by Crippen LogP contribution is -1.91. The van der Waals surface area contributed by atoms with Gasteiger partial charge in [-0.15, -0.1) is 0 Å². The minimum Gasteiger partial charge on any atom is -0.506 e. The third-order valence-electron chi connectivity index (χ3n) is 2.40. The number of ether oxygens (including phenoxy) is 1. The molecule has 0 saturated carbocycles. The van der Waals surface area contributed by atoms with Crippen LogP contribution in [0.2, 0.25) is 0 Å². The summed E-state index contributed by atoms with van der Waals surface area (Å²) in [6, 6.07) is 9.09. The number of pyridine rings is 1. The molecule has 3 heteroatoms. The summed E-state index contributed by atoms with van der Waals surface area (Å²) in [6.07, 6.45) is 1.65. The van der Waals surface area contributed by atoms with Crippen molar-refractivity contribution < 1.29 is 9.84 Å². The molecule has 0 aliphatic carbocycles. The predicted octanol–water partition coefficient (Wildman–Crippen LogP) is 2.77. The average Bonchev–Trinajstić information content (AvgIpc) is 2.29. The van der Waals surface area contributed by atoms with Crippen molar-refractivity contribution >= 4 is 0 Å². The lowest BCUT2D eigenvalue weighted by molar-refractivity contribution is 0.415. The van der Waals surface area contributed by atoms with E-state index in [1.54, 1.807) is 25.4 Å². The fraction of sp³-hybridized carbons (Fsp3) is 0.154. The molecule has 3 nitrogen and oxygen atoms in total. The van der Waals surface area contributed by atoms with Gasteiger partial charge in [-0.05, 0) is 31.2 Å². The van der Waals surface area contributed by atoms with Gasteiger partial charge in [0, 0.05) is 11.8 Å². The average molecular weight is 215 g/mol. The Labute approximate surface area is 94.3 Å². The molecular formula is C13H13NO2. The van der Waals surface area contributed by atoms with Gasteiger partial charge >= 0.3 is 0 Å². The van der Waals surface area contributed by atoms with Gasteiger partial charge in [-0.1, -0.05) is 11.6 Å². The zero-order chi connectivity index (χ0) is 11.5. The fourth-order valence-electron chi connectivity index (χ4n) is 1.61. The van der Waals surface area contributed by atoms with Gasteiger partial charge in [-0.3, -0.25) is 4.98 Å². The second-order valence-corrected chi connectivity index (χ2v) is 3.57. The number of benzene rings is 1. The molecule has 82 valence electrons. The molecule has 0 amide bonds. The lowest BCUT2D eigenvalue weighted by Gasteiger charge is -2.09. The zero-order valence-electron chi connectivity index (χ0n) is 9.27. The van der Waals surface area contributed by atoms with E-state index >= 15 is 0 Å². The summed E-state index contributed by atoms with van der Waals surface area (Å²) in [7, 11) is 1.61. The Bertz CT molecular complexity index is 509. The van der Waals surface area contributed by atoms with Crippen LogP contribution in [-0.2, 0) is 0 Å². The third kappa shape index (κ3) is 1.84. The highest BCUT2D eigenvalue weighted by Gasteiger charge is 2.10. The minimum atomic E-state index is 0.159. The molecule has 16 heavy (non-hydrogen) atoms. The molecule has 1 heterocycles. The maximum atomic E-state index is 9.76. The molecule has 1 aromatic carbocycles. The Balaban J connectivity index is 2.63. The number of nitrogens with zero attached hydrogens (tertiary/aromatic N) is 1. The molecule has 0 spiro atoms. The van der Waals surface area contributed by atoms with Crippen molar-refractivity contribution in [1.29, 1.82) is 0 Å². The number of aromatic hydroxyl groups is 1. The predicted molar refractivity (Wildman–Crippen MR) is 62.6 cm³/mol. The van der Waals surface area contributed by atoms with Crippen LogP contribution in [0.1, 0.15) is 5.56 Å². The van der Waals surface area contributed by atoms with Crippen molar-refractivity contribution in [2.75, 3.05) is 7.11 Å². The Morgan fingerprint density at radius 3 is 2.75 bits per heavy atom. The Kier molecular flexibility index (Phi) is 2.77. The summed E-state index contributed by atoms with van der Waals surface area (Å²) < 4.78 is 5.26. The van der Waals surface area contributed by atoms with Crippen LogP contribution >= 0.6 is 0 Å². The van der Waals surface area contributed by atoms with Crippen molar-refractivity contribution in [3.8, 4) is 22.8 Å². The molecule has 0 atom stereocenters. The van der Waals surface area contributed by atoms with E-state index in [9.17, 15) is 5.11 Å². The highest BCUT2D eigenvalue weighted by Crippen LogP contribution is 2.34. The van der Waals surface area contributed by atoms with Gasteiger partial charge in [0.25, 0.3) is 0 Å². The zero-order valence-corrected chi connectivity index (χ0v) is 9.27. The van der Waals surface area contributed by atoms with Crippen LogP contribution in [0.5, 0.6) is 11.5 Å². The van der Waals surface area contributed by atoms with Crippen molar-refractivity contribution in [1.82, 2.24) is 4.98 Å². The molecule has 0 unspecified atom stereocenters. The van der Waals surface area contributed by atoms with E-state index in [0.29, 0.717) is 11.4 Å². The maximum Gasteiger partial charge on any atom is 0.141 e. The first-order valence-corrected chi connectivity index (χ1v) is 5.01. The number of hydrogen-bond donors (Lipinski definition) is 1. The lowest BCUT2D eigenvalue weighted by atomic mass is 10.1. The van der Waals surface area contributed by atoms with Crippen molar-refractivity contribution in [2.45, 2.75) is 6.92 Å². The van der Waals surface area contributed by atoms with E-state index in [-0.39, 0.29) is 5.75 Å². The number of rotatable bonds is 2. The van der Waals surface area contributed by atoms with Gasteiger partial charge in [-0.25, -0.2) is 0 Å². The second kappa shape index (κ2) is 4.23. The largest absolute Gasteiger partial charge is 0.506 e. The Morgan fingerprint density at radius 1 is 1.25 bits per heavy atom. The van der Waals surface area contributed by atoms with E-state index in [4.69, 9.17) is 4.74 Å². The van der Waals surface area contributed by atoms with Crippen molar-refractivity contribution in [3.63, 3.8) is 0 Å². The summed E-state index contributed by atoms with van der Waals surface area (Å²) >= 11 is 0. The minimum absolute atomic E-state index is 0.159. The first-order valence-electron chi connectivity index (χ1n) is 5.01. The molecule has 0 fully saturated rings. The molecule has 0 aliphatic heterocycles. The van der Waals surface area contributed by atoms with E-state index in [1.807, 2.05) is 25.1 Å².